The van der Waals surface area contributed by atoms with Gasteiger partial charge in [0.2, 0.25) is 0 Å². The predicted molar refractivity (Wildman–Crippen MR) is 43.2 cm³/mol. The Morgan fingerprint density at radius 3 is 2.36 bits per heavy atom. The lowest BCUT2D eigenvalue weighted by Crippen LogP contribution is -2.32. The molecule has 2 N–H and O–H groups in total. The molecule has 0 atom stereocenters. The van der Waals surface area contributed by atoms with Crippen molar-refractivity contribution in [1.29, 1.82) is 0 Å². The molecule has 0 saturated carbocycles. The zero-order valence-electron chi connectivity index (χ0n) is 7.14. The molecular weight excluding hydrogens is 142 g/mol. The molecule has 1 fully saturated rings. The van der Waals surface area contributed by atoms with Gasteiger partial charge in [-0.3, -0.25) is 0 Å². The van der Waals surface area contributed by atoms with Gasteiger partial charge in [0.25, 0.3) is 0 Å². The van der Waals surface area contributed by atoms with Crippen molar-refractivity contribution in [2.75, 3.05) is 19.8 Å². The summed E-state index contributed by atoms with van der Waals surface area (Å²) in [6.45, 7) is 4.21. The normalized spacial score (nSPS) is 22.4. The molecule has 3 heteroatoms. The van der Waals surface area contributed by atoms with Gasteiger partial charge in [0.05, 0.1) is 13.2 Å². The van der Waals surface area contributed by atoms with Crippen LogP contribution in [0, 0.1) is 0 Å². The third kappa shape index (κ3) is 2.15. The summed E-state index contributed by atoms with van der Waals surface area (Å²) in [7, 11) is 0. The molecule has 1 heterocycles. The van der Waals surface area contributed by atoms with Crippen LogP contribution in [0.25, 0.3) is 0 Å². The summed E-state index contributed by atoms with van der Waals surface area (Å²) in [6, 6.07) is 0. The fourth-order valence-corrected chi connectivity index (χ4v) is 1.51. The van der Waals surface area contributed by atoms with Crippen molar-refractivity contribution >= 4 is 0 Å². The van der Waals surface area contributed by atoms with E-state index in [-0.39, 0.29) is 5.79 Å². The van der Waals surface area contributed by atoms with Crippen LogP contribution in [0.3, 0.4) is 0 Å². The Balaban J connectivity index is 2.40. The molecule has 0 bridgehead atoms. The molecule has 3 nitrogen and oxygen atoms in total. The van der Waals surface area contributed by atoms with Crippen LogP contribution in [-0.4, -0.2) is 25.5 Å². The van der Waals surface area contributed by atoms with E-state index >= 15 is 0 Å². The Morgan fingerprint density at radius 1 is 1.27 bits per heavy atom. The number of hydrogen-bond acceptors (Lipinski definition) is 3. The Labute approximate surface area is 67.9 Å². The molecule has 1 saturated heterocycles. The Kier molecular flexibility index (Phi) is 3.30. The number of hydrogen-bond donors (Lipinski definition) is 1. The highest BCUT2D eigenvalue weighted by Crippen LogP contribution is 2.27. The predicted octanol–water partition coefficient (Wildman–Crippen LogP) is 0.878. The highest BCUT2D eigenvalue weighted by atomic mass is 16.7. The first kappa shape index (κ1) is 8.97. The molecule has 11 heavy (non-hydrogen) atoms. The first-order valence-electron chi connectivity index (χ1n) is 4.31. The molecule has 0 radical (unpaired) electrons. The Bertz CT molecular complexity index is 103. The van der Waals surface area contributed by atoms with Crippen molar-refractivity contribution in [2.24, 2.45) is 5.73 Å². The van der Waals surface area contributed by atoms with E-state index in [2.05, 4.69) is 6.92 Å². The van der Waals surface area contributed by atoms with Crippen molar-refractivity contribution in [3.8, 4) is 0 Å². The van der Waals surface area contributed by atoms with E-state index in [9.17, 15) is 0 Å². The van der Waals surface area contributed by atoms with E-state index in [1.54, 1.807) is 0 Å². The maximum atomic E-state index is 5.52. The van der Waals surface area contributed by atoms with Gasteiger partial charge in [-0.05, 0) is 6.54 Å². The summed E-state index contributed by atoms with van der Waals surface area (Å²) >= 11 is 0. The van der Waals surface area contributed by atoms with E-state index in [4.69, 9.17) is 15.2 Å². The molecule has 0 aromatic carbocycles. The third-order valence-corrected chi connectivity index (χ3v) is 1.97. The van der Waals surface area contributed by atoms with Crippen LogP contribution in [0.2, 0.25) is 0 Å². The molecule has 0 amide bonds. The van der Waals surface area contributed by atoms with Crippen LogP contribution in [0.5, 0.6) is 0 Å². The van der Waals surface area contributed by atoms with E-state index < -0.39 is 0 Å². The second-order valence-electron chi connectivity index (χ2n) is 2.90. The van der Waals surface area contributed by atoms with Crippen LogP contribution in [0.4, 0.5) is 0 Å². The number of ether oxygens (including phenoxy) is 2. The smallest absolute Gasteiger partial charge is 0.169 e. The molecule has 1 aliphatic heterocycles. The molecule has 0 spiro atoms. The van der Waals surface area contributed by atoms with Crippen LogP contribution >= 0.6 is 0 Å². The van der Waals surface area contributed by atoms with Crippen LogP contribution in [0.1, 0.15) is 26.2 Å². The third-order valence-electron chi connectivity index (χ3n) is 1.97. The fourth-order valence-electron chi connectivity index (χ4n) is 1.51. The minimum Gasteiger partial charge on any atom is -0.347 e. The average molecular weight is 159 g/mol. The highest BCUT2D eigenvalue weighted by Gasteiger charge is 2.34. The van der Waals surface area contributed by atoms with E-state index in [1.807, 2.05) is 0 Å². The van der Waals surface area contributed by atoms with Crippen molar-refractivity contribution < 1.29 is 9.47 Å². The molecular formula is C8H17NO2. The monoisotopic (exact) mass is 159 g/mol. The molecule has 1 rings (SSSR count). The van der Waals surface area contributed by atoms with Crippen molar-refractivity contribution in [2.45, 2.75) is 32.0 Å². The molecule has 0 aliphatic carbocycles. The molecule has 0 unspecified atom stereocenters. The maximum absolute atomic E-state index is 5.52. The first-order valence-corrected chi connectivity index (χ1v) is 4.31. The van der Waals surface area contributed by atoms with Crippen molar-refractivity contribution in [3.63, 3.8) is 0 Å². The summed E-state index contributed by atoms with van der Waals surface area (Å²) in [4.78, 5) is 0. The summed E-state index contributed by atoms with van der Waals surface area (Å²) < 4.78 is 11.0. The molecule has 0 aromatic heterocycles. The fraction of sp³-hybridized carbons (Fsp3) is 1.00. The second kappa shape index (κ2) is 4.04. The first-order chi connectivity index (χ1) is 5.33. The van der Waals surface area contributed by atoms with Gasteiger partial charge >= 0.3 is 0 Å². The van der Waals surface area contributed by atoms with Crippen LogP contribution in [-0.2, 0) is 9.47 Å². The minimum absolute atomic E-state index is 0.330. The molecule has 1 aliphatic rings. The van der Waals surface area contributed by atoms with Crippen LogP contribution in [0.15, 0.2) is 0 Å². The maximum Gasteiger partial charge on any atom is 0.169 e. The van der Waals surface area contributed by atoms with Gasteiger partial charge in [-0.15, -0.1) is 0 Å². The van der Waals surface area contributed by atoms with E-state index in [0.29, 0.717) is 6.54 Å². The topological polar surface area (TPSA) is 44.5 Å². The number of nitrogens with two attached hydrogens (primary N) is 1. The van der Waals surface area contributed by atoms with Crippen molar-refractivity contribution in [3.05, 3.63) is 0 Å². The van der Waals surface area contributed by atoms with E-state index in [0.717, 1.165) is 32.5 Å². The lowest BCUT2D eigenvalue weighted by atomic mass is 10.1. The van der Waals surface area contributed by atoms with Gasteiger partial charge in [0.15, 0.2) is 5.79 Å². The zero-order chi connectivity index (χ0) is 8.16. The summed E-state index contributed by atoms with van der Waals surface area (Å²) in [5, 5.41) is 0. The molecule has 66 valence electrons. The summed E-state index contributed by atoms with van der Waals surface area (Å²) in [5.74, 6) is -0.330. The van der Waals surface area contributed by atoms with Gasteiger partial charge in [0, 0.05) is 12.8 Å². The Hall–Kier alpha value is -0.120. The van der Waals surface area contributed by atoms with Gasteiger partial charge in [-0.1, -0.05) is 13.3 Å². The van der Waals surface area contributed by atoms with Gasteiger partial charge < -0.3 is 15.2 Å². The average Bonchev–Trinajstić information content (AvgIpc) is 2.39. The zero-order valence-corrected chi connectivity index (χ0v) is 7.14. The highest BCUT2D eigenvalue weighted by molar-refractivity contribution is 4.73. The summed E-state index contributed by atoms with van der Waals surface area (Å²) in [6.07, 6.45) is 2.87. The largest absolute Gasteiger partial charge is 0.347 e. The number of rotatable bonds is 4. The quantitative estimate of drug-likeness (QED) is 0.662. The SMILES string of the molecule is CCCC1(CCN)OCCO1. The van der Waals surface area contributed by atoms with E-state index in [1.165, 1.54) is 0 Å². The molecule has 0 aromatic rings. The van der Waals surface area contributed by atoms with Gasteiger partial charge in [-0.25, -0.2) is 0 Å². The lowest BCUT2D eigenvalue weighted by molar-refractivity contribution is -0.165. The second-order valence-corrected chi connectivity index (χ2v) is 2.90. The van der Waals surface area contributed by atoms with Crippen LogP contribution < -0.4 is 5.73 Å². The summed E-state index contributed by atoms with van der Waals surface area (Å²) in [5.41, 5.74) is 5.46. The van der Waals surface area contributed by atoms with Gasteiger partial charge in [-0.2, -0.15) is 0 Å². The van der Waals surface area contributed by atoms with Gasteiger partial charge in [0.1, 0.15) is 0 Å². The Morgan fingerprint density at radius 2 is 1.91 bits per heavy atom. The standard InChI is InChI=1S/C8H17NO2/c1-2-3-8(4-5-9)10-6-7-11-8/h2-7,9H2,1H3. The minimum atomic E-state index is -0.330. The lowest BCUT2D eigenvalue weighted by Gasteiger charge is -2.26. The van der Waals surface area contributed by atoms with Crippen molar-refractivity contribution in [1.82, 2.24) is 0 Å².